The highest BCUT2D eigenvalue weighted by molar-refractivity contribution is 5.88. The van der Waals surface area contributed by atoms with Crippen molar-refractivity contribution in [1.82, 2.24) is 10.2 Å². The molecule has 7 nitrogen and oxygen atoms in total. The Morgan fingerprint density at radius 3 is 2.68 bits per heavy atom. The molecular formula is C21H32N2O5. The first-order chi connectivity index (χ1) is 13.3. The second-order valence-corrected chi connectivity index (χ2v) is 6.73. The van der Waals surface area contributed by atoms with E-state index in [1.54, 1.807) is 19.9 Å². The summed E-state index contributed by atoms with van der Waals surface area (Å²) in [6.45, 7) is 9.73. The molecule has 0 unspecified atom stereocenters. The van der Waals surface area contributed by atoms with Crippen LogP contribution in [0.1, 0.15) is 46.5 Å². The van der Waals surface area contributed by atoms with Gasteiger partial charge in [0, 0.05) is 6.54 Å². The highest BCUT2D eigenvalue weighted by atomic mass is 16.5. The van der Waals surface area contributed by atoms with Crippen LogP contribution in [0.3, 0.4) is 0 Å². The number of amides is 1. The number of carboxylic acids is 1. The summed E-state index contributed by atoms with van der Waals surface area (Å²) < 4.78 is 5.14. The first kappa shape index (κ1) is 23.6. The Hall–Kier alpha value is -2.41. The number of aliphatic carboxylic acids is 1. The number of allylic oxidation sites excluding steroid dienone is 5. The van der Waals surface area contributed by atoms with Crippen molar-refractivity contribution in [3.05, 3.63) is 36.5 Å². The molecule has 28 heavy (non-hydrogen) atoms. The van der Waals surface area contributed by atoms with Gasteiger partial charge in [-0.2, -0.15) is 0 Å². The normalized spacial score (nSPS) is 19.5. The second kappa shape index (κ2) is 12.1. The number of hydrogen-bond acceptors (Lipinski definition) is 5. The predicted octanol–water partition coefficient (Wildman–Crippen LogP) is 2.44. The molecule has 156 valence electrons. The number of carboxylic acid groups (broad SMARTS) is 1. The summed E-state index contributed by atoms with van der Waals surface area (Å²) >= 11 is 0. The van der Waals surface area contributed by atoms with Crippen LogP contribution in [-0.4, -0.2) is 59.1 Å². The molecule has 7 heteroatoms. The van der Waals surface area contributed by atoms with Gasteiger partial charge < -0.3 is 14.7 Å². The van der Waals surface area contributed by atoms with Crippen molar-refractivity contribution in [1.29, 1.82) is 0 Å². The van der Waals surface area contributed by atoms with Crippen LogP contribution in [0.25, 0.3) is 0 Å². The number of carbonyl (C=O) groups is 3. The van der Waals surface area contributed by atoms with E-state index < -0.39 is 30.1 Å². The summed E-state index contributed by atoms with van der Waals surface area (Å²) in [6, 6.07) is -2.16. The van der Waals surface area contributed by atoms with E-state index in [0.717, 1.165) is 5.57 Å². The summed E-state index contributed by atoms with van der Waals surface area (Å²) in [5.74, 6) is -1.73. The van der Waals surface area contributed by atoms with Gasteiger partial charge in [0.2, 0.25) is 5.91 Å². The smallest absolute Gasteiger partial charge is 0.326 e. The Kier molecular flexibility index (Phi) is 10.2. The number of carbonyl (C=O) groups excluding carboxylic acids is 2. The molecule has 0 aromatic carbocycles. The van der Waals surface area contributed by atoms with Crippen molar-refractivity contribution in [2.75, 3.05) is 13.2 Å². The van der Waals surface area contributed by atoms with Crippen LogP contribution in [0.2, 0.25) is 0 Å². The third-order valence-corrected chi connectivity index (χ3v) is 4.70. The lowest BCUT2D eigenvalue weighted by atomic mass is 10.0. The molecule has 1 amide bonds. The van der Waals surface area contributed by atoms with Crippen LogP contribution >= 0.6 is 0 Å². The van der Waals surface area contributed by atoms with Crippen molar-refractivity contribution in [2.45, 2.75) is 64.6 Å². The van der Waals surface area contributed by atoms with Gasteiger partial charge in [0.05, 0.1) is 12.6 Å². The van der Waals surface area contributed by atoms with E-state index >= 15 is 0 Å². The number of ether oxygens (including phenoxy) is 1. The quantitative estimate of drug-likeness (QED) is 0.414. The number of rotatable bonds is 11. The van der Waals surface area contributed by atoms with Crippen LogP contribution in [0.4, 0.5) is 0 Å². The molecular weight excluding hydrogens is 360 g/mol. The number of nitrogens with zero attached hydrogens (tertiary/aromatic N) is 1. The topological polar surface area (TPSA) is 95.9 Å². The second-order valence-electron chi connectivity index (χ2n) is 6.73. The maximum Gasteiger partial charge on any atom is 0.326 e. The lowest BCUT2D eigenvalue weighted by molar-refractivity contribution is -0.150. The summed E-state index contributed by atoms with van der Waals surface area (Å²) in [5, 5.41) is 12.3. The lowest BCUT2D eigenvalue weighted by Gasteiger charge is -2.27. The Morgan fingerprint density at radius 1 is 1.39 bits per heavy atom. The van der Waals surface area contributed by atoms with Gasteiger partial charge in [-0.05, 0) is 52.0 Å². The zero-order valence-corrected chi connectivity index (χ0v) is 17.0. The summed E-state index contributed by atoms with van der Waals surface area (Å²) in [4.78, 5) is 37.8. The molecule has 1 aliphatic rings. The fraction of sp³-hybridized carbons (Fsp3) is 0.571. The van der Waals surface area contributed by atoms with Crippen molar-refractivity contribution >= 4 is 17.8 Å². The van der Waals surface area contributed by atoms with Gasteiger partial charge in [-0.25, -0.2) is 4.79 Å². The molecule has 0 bridgehead atoms. The van der Waals surface area contributed by atoms with Gasteiger partial charge in [0.15, 0.2) is 0 Å². The molecule has 1 heterocycles. The maximum atomic E-state index is 12.7. The van der Waals surface area contributed by atoms with E-state index in [-0.39, 0.29) is 12.5 Å². The minimum absolute atomic E-state index is 0.245. The van der Waals surface area contributed by atoms with E-state index in [9.17, 15) is 19.5 Å². The zero-order chi connectivity index (χ0) is 21.1. The van der Waals surface area contributed by atoms with Crippen LogP contribution < -0.4 is 5.32 Å². The average molecular weight is 392 g/mol. The van der Waals surface area contributed by atoms with E-state index in [1.165, 1.54) is 4.90 Å². The van der Waals surface area contributed by atoms with E-state index in [4.69, 9.17) is 4.74 Å². The van der Waals surface area contributed by atoms with Crippen molar-refractivity contribution in [2.24, 2.45) is 0 Å². The van der Waals surface area contributed by atoms with Gasteiger partial charge in [0.1, 0.15) is 12.1 Å². The fourth-order valence-corrected chi connectivity index (χ4v) is 3.21. The predicted molar refractivity (Wildman–Crippen MR) is 108 cm³/mol. The SMILES string of the molecule is C=C/C(=C\C=C/C)CC[C@H](N[C@@H](C)C(=O)N1CCC[C@H]1C(=O)O)C(=O)OCC. The molecule has 1 aliphatic heterocycles. The minimum atomic E-state index is -0.996. The molecule has 1 saturated heterocycles. The van der Waals surface area contributed by atoms with E-state index in [1.807, 2.05) is 25.2 Å². The van der Waals surface area contributed by atoms with Crippen LogP contribution in [0.15, 0.2) is 36.5 Å². The number of esters is 1. The molecule has 2 N–H and O–H groups in total. The van der Waals surface area contributed by atoms with Gasteiger partial charge in [-0.1, -0.05) is 30.9 Å². The van der Waals surface area contributed by atoms with Crippen molar-refractivity contribution < 1.29 is 24.2 Å². The molecule has 0 saturated carbocycles. The van der Waals surface area contributed by atoms with Crippen LogP contribution in [-0.2, 0) is 19.1 Å². The van der Waals surface area contributed by atoms with Crippen molar-refractivity contribution in [3.8, 4) is 0 Å². The van der Waals surface area contributed by atoms with Crippen LogP contribution in [0.5, 0.6) is 0 Å². The molecule has 0 aliphatic carbocycles. The fourth-order valence-electron chi connectivity index (χ4n) is 3.21. The summed E-state index contributed by atoms with van der Waals surface area (Å²) in [5.41, 5.74) is 0.971. The molecule has 3 atom stereocenters. The molecule has 0 spiro atoms. The van der Waals surface area contributed by atoms with Crippen molar-refractivity contribution in [3.63, 3.8) is 0 Å². The first-order valence-electron chi connectivity index (χ1n) is 9.75. The number of likely N-dealkylation sites (tertiary alicyclic amines) is 1. The largest absolute Gasteiger partial charge is 0.480 e. The first-order valence-corrected chi connectivity index (χ1v) is 9.75. The third kappa shape index (κ3) is 6.96. The highest BCUT2D eigenvalue weighted by Crippen LogP contribution is 2.19. The van der Waals surface area contributed by atoms with Gasteiger partial charge >= 0.3 is 11.9 Å². The molecule has 0 aromatic rings. The molecule has 1 fully saturated rings. The highest BCUT2D eigenvalue weighted by Gasteiger charge is 2.36. The Balaban J connectivity index is 2.81. The summed E-state index contributed by atoms with van der Waals surface area (Å²) in [7, 11) is 0. The van der Waals surface area contributed by atoms with E-state index in [0.29, 0.717) is 32.2 Å². The summed E-state index contributed by atoms with van der Waals surface area (Å²) in [6.07, 6.45) is 9.60. The third-order valence-electron chi connectivity index (χ3n) is 4.70. The molecule has 0 aromatic heterocycles. The zero-order valence-electron chi connectivity index (χ0n) is 17.0. The van der Waals surface area contributed by atoms with E-state index in [2.05, 4.69) is 11.9 Å². The Morgan fingerprint density at radius 2 is 2.11 bits per heavy atom. The monoisotopic (exact) mass is 392 g/mol. The molecule has 0 radical (unpaired) electrons. The number of hydrogen-bond donors (Lipinski definition) is 2. The Bertz CT molecular complexity index is 626. The standard InChI is InChI=1S/C21H32N2O5/c1-5-8-10-16(6-2)12-13-17(21(27)28-7-3)22-15(4)19(24)23-14-9-11-18(23)20(25)26/h5-6,8,10,15,17-18,22H,2,7,9,11-14H2,1,3-4H3,(H,25,26)/b8-5-,16-10+/t15-,17-,18-/m0/s1. The lowest BCUT2D eigenvalue weighted by Crippen LogP contribution is -2.53. The minimum Gasteiger partial charge on any atom is -0.480 e. The van der Waals surface area contributed by atoms with Gasteiger partial charge in [-0.15, -0.1) is 0 Å². The van der Waals surface area contributed by atoms with Crippen LogP contribution in [0, 0.1) is 0 Å². The number of nitrogens with one attached hydrogen (secondary N) is 1. The molecule has 1 rings (SSSR count). The average Bonchev–Trinajstić information content (AvgIpc) is 3.16. The Labute approximate surface area is 167 Å². The van der Waals surface area contributed by atoms with Gasteiger partial charge in [-0.3, -0.25) is 14.9 Å². The maximum absolute atomic E-state index is 12.7. The van der Waals surface area contributed by atoms with Gasteiger partial charge in [0.25, 0.3) is 0 Å².